The van der Waals surface area contributed by atoms with Crippen molar-refractivity contribution in [2.45, 2.75) is 26.2 Å². The molecule has 0 aromatic heterocycles. The van der Waals surface area contributed by atoms with Gasteiger partial charge in [-0.25, -0.2) is 0 Å². The van der Waals surface area contributed by atoms with Crippen molar-refractivity contribution in [2.24, 2.45) is 4.99 Å². The van der Waals surface area contributed by atoms with E-state index in [0.29, 0.717) is 42.6 Å². The molecule has 1 saturated heterocycles. The summed E-state index contributed by atoms with van der Waals surface area (Å²) in [6.45, 7) is 6.03. The second-order valence-corrected chi connectivity index (χ2v) is 6.67. The minimum atomic E-state index is -0.195. The second-order valence-electron chi connectivity index (χ2n) is 6.26. The van der Waals surface area contributed by atoms with Gasteiger partial charge in [0.2, 0.25) is 5.91 Å². The van der Waals surface area contributed by atoms with Crippen LogP contribution in [0.2, 0.25) is 5.02 Å². The molecule has 1 aliphatic rings. The molecule has 1 aromatic rings. The Labute approximate surface area is 165 Å². The molecule has 2 rings (SSSR count). The number of halogens is 1. The van der Waals surface area contributed by atoms with Crippen molar-refractivity contribution in [1.82, 2.24) is 20.9 Å². The lowest BCUT2D eigenvalue weighted by molar-refractivity contribution is -0.127. The Kier molecular flexibility index (Phi) is 8.91. The molecule has 1 aromatic carbocycles. The molecular weight excluding hydrogens is 366 g/mol. The molecule has 1 fully saturated rings. The lowest BCUT2D eigenvalue weighted by atomic mass is 10.2. The van der Waals surface area contributed by atoms with E-state index in [1.165, 1.54) is 0 Å². The predicted octanol–water partition coefficient (Wildman–Crippen LogP) is 1.64. The van der Waals surface area contributed by atoms with Crippen LogP contribution in [0.15, 0.2) is 29.3 Å². The summed E-state index contributed by atoms with van der Waals surface area (Å²) < 4.78 is 0. The third kappa shape index (κ3) is 7.09. The van der Waals surface area contributed by atoms with Gasteiger partial charge in [0.25, 0.3) is 5.91 Å². The van der Waals surface area contributed by atoms with Gasteiger partial charge in [-0.05, 0) is 31.9 Å². The average molecular weight is 394 g/mol. The van der Waals surface area contributed by atoms with Crippen LogP contribution in [-0.4, -0.2) is 61.9 Å². The summed E-state index contributed by atoms with van der Waals surface area (Å²) >= 11 is 6.02. The third-order valence-electron chi connectivity index (χ3n) is 4.19. The molecule has 0 radical (unpaired) electrons. The van der Waals surface area contributed by atoms with Gasteiger partial charge in [0, 0.05) is 45.7 Å². The van der Waals surface area contributed by atoms with Crippen LogP contribution in [0.3, 0.4) is 0 Å². The first-order chi connectivity index (χ1) is 13.1. The maximum atomic E-state index is 12.1. The van der Waals surface area contributed by atoms with Crippen LogP contribution in [0.1, 0.15) is 36.5 Å². The topological polar surface area (TPSA) is 85.8 Å². The number of carbonyl (C=O) groups is 2. The van der Waals surface area contributed by atoms with Crippen molar-refractivity contribution in [3.63, 3.8) is 0 Å². The van der Waals surface area contributed by atoms with Crippen LogP contribution in [-0.2, 0) is 4.79 Å². The number of hydrogen-bond acceptors (Lipinski definition) is 3. The molecular formula is C19H28ClN5O2. The number of hydrogen-bond donors (Lipinski definition) is 3. The Morgan fingerprint density at radius 3 is 2.70 bits per heavy atom. The lowest BCUT2D eigenvalue weighted by Gasteiger charge is -2.15. The number of nitrogens with one attached hydrogen (secondary N) is 3. The molecule has 8 heteroatoms. The number of guanidine groups is 1. The quantitative estimate of drug-likeness (QED) is 0.338. The number of aliphatic imine (C=N–C) groups is 1. The predicted molar refractivity (Wildman–Crippen MR) is 108 cm³/mol. The van der Waals surface area contributed by atoms with Gasteiger partial charge in [0.05, 0.1) is 10.6 Å². The molecule has 0 saturated carbocycles. The summed E-state index contributed by atoms with van der Waals surface area (Å²) in [7, 11) is 0. The molecule has 0 aliphatic carbocycles. The molecule has 0 atom stereocenters. The van der Waals surface area contributed by atoms with Gasteiger partial charge in [0.1, 0.15) is 0 Å². The summed E-state index contributed by atoms with van der Waals surface area (Å²) in [5.74, 6) is 0.759. The largest absolute Gasteiger partial charge is 0.357 e. The molecule has 148 valence electrons. The van der Waals surface area contributed by atoms with Gasteiger partial charge in [-0.3, -0.25) is 14.6 Å². The number of rotatable bonds is 9. The van der Waals surface area contributed by atoms with E-state index in [9.17, 15) is 9.59 Å². The fourth-order valence-electron chi connectivity index (χ4n) is 2.83. The molecule has 7 nitrogen and oxygen atoms in total. The summed E-state index contributed by atoms with van der Waals surface area (Å²) in [5, 5.41) is 9.64. The fourth-order valence-corrected chi connectivity index (χ4v) is 3.05. The van der Waals surface area contributed by atoms with Crippen molar-refractivity contribution in [3.05, 3.63) is 34.9 Å². The van der Waals surface area contributed by atoms with Gasteiger partial charge >= 0.3 is 0 Å². The Bertz CT molecular complexity index is 665. The van der Waals surface area contributed by atoms with Crippen LogP contribution in [0.4, 0.5) is 0 Å². The summed E-state index contributed by atoms with van der Waals surface area (Å²) in [5.41, 5.74) is 0.469. The molecule has 0 bridgehead atoms. The first kappa shape index (κ1) is 21.0. The minimum absolute atomic E-state index is 0.195. The van der Waals surface area contributed by atoms with Gasteiger partial charge in [-0.1, -0.05) is 23.7 Å². The zero-order valence-electron chi connectivity index (χ0n) is 15.8. The number of benzene rings is 1. The van der Waals surface area contributed by atoms with Crippen molar-refractivity contribution in [3.8, 4) is 0 Å². The van der Waals surface area contributed by atoms with Crippen molar-refractivity contribution < 1.29 is 9.59 Å². The lowest BCUT2D eigenvalue weighted by Crippen LogP contribution is -2.41. The molecule has 1 aliphatic heterocycles. The summed E-state index contributed by atoms with van der Waals surface area (Å²) in [6.07, 6.45) is 2.48. The highest BCUT2D eigenvalue weighted by Crippen LogP contribution is 2.14. The Morgan fingerprint density at radius 2 is 2.00 bits per heavy atom. The molecule has 3 N–H and O–H groups in total. The number of amides is 2. The highest BCUT2D eigenvalue weighted by Gasteiger charge is 2.18. The van der Waals surface area contributed by atoms with E-state index in [2.05, 4.69) is 20.9 Å². The van der Waals surface area contributed by atoms with Gasteiger partial charge in [-0.15, -0.1) is 0 Å². The van der Waals surface area contributed by atoms with E-state index in [1.54, 1.807) is 24.3 Å². The zero-order valence-corrected chi connectivity index (χ0v) is 16.5. The third-order valence-corrected chi connectivity index (χ3v) is 4.52. The van der Waals surface area contributed by atoms with E-state index in [0.717, 1.165) is 32.5 Å². The van der Waals surface area contributed by atoms with E-state index in [-0.39, 0.29) is 11.8 Å². The van der Waals surface area contributed by atoms with Crippen LogP contribution >= 0.6 is 11.6 Å². The average Bonchev–Trinajstić information content (AvgIpc) is 3.07. The Balaban J connectivity index is 1.68. The molecule has 2 amide bonds. The van der Waals surface area contributed by atoms with Crippen molar-refractivity contribution in [1.29, 1.82) is 0 Å². The molecule has 27 heavy (non-hydrogen) atoms. The number of likely N-dealkylation sites (tertiary alicyclic amines) is 1. The van der Waals surface area contributed by atoms with Crippen molar-refractivity contribution >= 4 is 29.4 Å². The normalized spacial score (nSPS) is 14.4. The first-order valence-corrected chi connectivity index (χ1v) is 9.82. The van der Waals surface area contributed by atoms with Crippen molar-refractivity contribution in [2.75, 3.05) is 39.3 Å². The van der Waals surface area contributed by atoms with Crippen LogP contribution in [0.25, 0.3) is 0 Å². The Hall–Kier alpha value is -2.28. The maximum absolute atomic E-state index is 12.1. The van der Waals surface area contributed by atoms with Gasteiger partial charge < -0.3 is 20.9 Å². The maximum Gasteiger partial charge on any atom is 0.252 e. The first-order valence-electron chi connectivity index (χ1n) is 9.44. The fraction of sp³-hybridized carbons (Fsp3) is 0.526. The minimum Gasteiger partial charge on any atom is -0.357 e. The van der Waals surface area contributed by atoms with Gasteiger partial charge in [-0.2, -0.15) is 0 Å². The van der Waals surface area contributed by atoms with E-state index < -0.39 is 0 Å². The zero-order chi connectivity index (χ0) is 19.5. The molecule has 1 heterocycles. The standard InChI is InChI=1S/C19H28ClN5O2/c1-2-21-19(23-10-6-14-25-13-5-9-17(25)26)24-12-11-22-18(27)15-7-3-4-8-16(15)20/h3-4,7-8H,2,5-6,9-14H2,1H3,(H,22,27)(H2,21,23,24). The monoisotopic (exact) mass is 393 g/mol. The SMILES string of the molecule is CCNC(=NCCCN1CCCC1=O)NCCNC(=O)c1ccccc1Cl. The second kappa shape index (κ2) is 11.4. The highest BCUT2D eigenvalue weighted by atomic mass is 35.5. The molecule has 0 unspecified atom stereocenters. The van der Waals surface area contributed by atoms with E-state index in [1.807, 2.05) is 11.8 Å². The Morgan fingerprint density at radius 1 is 1.22 bits per heavy atom. The molecule has 0 spiro atoms. The van der Waals surface area contributed by atoms with Crippen LogP contribution in [0.5, 0.6) is 0 Å². The van der Waals surface area contributed by atoms with Gasteiger partial charge in [0.15, 0.2) is 5.96 Å². The van der Waals surface area contributed by atoms with Crippen LogP contribution in [0, 0.1) is 0 Å². The smallest absolute Gasteiger partial charge is 0.252 e. The summed E-state index contributed by atoms with van der Waals surface area (Å²) in [4.78, 5) is 30.1. The summed E-state index contributed by atoms with van der Waals surface area (Å²) in [6, 6.07) is 6.96. The highest BCUT2D eigenvalue weighted by molar-refractivity contribution is 6.33. The van der Waals surface area contributed by atoms with E-state index in [4.69, 9.17) is 11.6 Å². The number of carbonyl (C=O) groups excluding carboxylic acids is 2. The van der Waals surface area contributed by atoms with E-state index >= 15 is 0 Å². The van der Waals surface area contributed by atoms with Crippen LogP contribution < -0.4 is 16.0 Å². The number of nitrogens with zero attached hydrogens (tertiary/aromatic N) is 2.